The maximum Gasteiger partial charge on any atom is 0.407 e. The molecule has 0 radical (unpaired) electrons. The largest absolute Gasteiger partial charge is 0.453 e. The number of rotatable bonds is 9. The predicted octanol–water partition coefficient (Wildman–Crippen LogP) is 5.74. The molecule has 2 saturated heterocycles. The lowest BCUT2D eigenvalue weighted by Gasteiger charge is -2.29. The van der Waals surface area contributed by atoms with E-state index in [9.17, 15) is 19.2 Å². The molecule has 284 valence electrons. The highest BCUT2D eigenvalue weighted by Crippen LogP contribution is 2.36. The summed E-state index contributed by atoms with van der Waals surface area (Å²) >= 11 is 0. The van der Waals surface area contributed by atoms with Crippen molar-refractivity contribution < 1.29 is 28.7 Å². The first kappa shape index (κ1) is 36.6. The molecule has 5 aromatic rings. The number of methoxy groups -OCH3 is 2. The zero-order chi connectivity index (χ0) is 38.3. The number of alkyl carbamates (subject to hydrolysis) is 2. The Balaban J connectivity index is 1.13. The minimum atomic E-state index is -0.709. The molecule has 4 atom stereocenters. The van der Waals surface area contributed by atoms with E-state index in [0.29, 0.717) is 24.7 Å². The number of aromatic nitrogens is 5. The number of nitrogens with zero attached hydrogens (tertiary/aromatic N) is 5. The van der Waals surface area contributed by atoms with E-state index in [1.54, 1.807) is 9.80 Å². The van der Waals surface area contributed by atoms with Crippen molar-refractivity contribution in [3.05, 3.63) is 54.2 Å². The third-order valence-corrected chi connectivity index (χ3v) is 10.7. The summed E-state index contributed by atoms with van der Waals surface area (Å²) < 4.78 is 9.54. The van der Waals surface area contributed by atoms with Gasteiger partial charge in [0.25, 0.3) is 0 Å². The minimum Gasteiger partial charge on any atom is -0.453 e. The molecule has 5 heterocycles. The van der Waals surface area contributed by atoms with Gasteiger partial charge in [0.1, 0.15) is 23.7 Å². The summed E-state index contributed by atoms with van der Waals surface area (Å²) in [5, 5.41) is 7.29. The maximum atomic E-state index is 13.7. The first-order chi connectivity index (χ1) is 26.0. The Morgan fingerprint density at radius 2 is 1.31 bits per heavy atom. The van der Waals surface area contributed by atoms with Gasteiger partial charge in [0.2, 0.25) is 11.8 Å². The molecule has 2 aromatic carbocycles. The van der Waals surface area contributed by atoms with Crippen LogP contribution in [0.2, 0.25) is 0 Å². The molecule has 7 rings (SSSR count). The van der Waals surface area contributed by atoms with Crippen molar-refractivity contribution in [2.24, 2.45) is 11.8 Å². The highest BCUT2D eigenvalue weighted by Gasteiger charge is 2.39. The molecule has 3 aromatic heterocycles. The second-order valence-corrected chi connectivity index (χ2v) is 14.8. The molecule has 0 spiro atoms. The van der Waals surface area contributed by atoms with E-state index < -0.39 is 24.3 Å². The first-order valence-electron chi connectivity index (χ1n) is 18.6. The Morgan fingerprint density at radius 3 is 1.89 bits per heavy atom. The van der Waals surface area contributed by atoms with Crippen molar-refractivity contribution >= 4 is 56.8 Å². The third kappa shape index (κ3) is 6.90. The van der Waals surface area contributed by atoms with Crippen molar-refractivity contribution in [1.29, 1.82) is 0 Å². The quantitative estimate of drug-likeness (QED) is 0.146. The second-order valence-electron chi connectivity index (χ2n) is 14.8. The van der Waals surface area contributed by atoms with Gasteiger partial charge in [-0.15, -0.1) is 0 Å². The number of likely N-dealkylation sites (tertiary alicyclic amines) is 2. The minimum absolute atomic E-state index is 0.119. The van der Waals surface area contributed by atoms with E-state index >= 15 is 0 Å². The molecule has 0 bridgehead atoms. The van der Waals surface area contributed by atoms with Crippen molar-refractivity contribution in [2.45, 2.75) is 77.5 Å². The van der Waals surface area contributed by atoms with E-state index in [4.69, 9.17) is 24.4 Å². The van der Waals surface area contributed by atoms with Gasteiger partial charge in [-0.2, -0.15) is 0 Å². The molecule has 0 unspecified atom stereocenters. The van der Waals surface area contributed by atoms with Gasteiger partial charge in [0.15, 0.2) is 0 Å². The molecule has 4 amide bonds. The van der Waals surface area contributed by atoms with Crippen LogP contribution >= 0.6 is 0 Å². The van der Waals surface area contributed by atoms with Crippen molar-refractivity contribution in [1.82, 2.24) is 45.4 Å². The summed E-state index contributed by atoms with van der Waals surface area (Å²) in [6, 6.07) is 10.1. The second kappa shape index (κ2) is 15.0. The third-order valence-electron chi connectivity index (χ3n) is 10.7. The van der Waals surface area contributed by atoms with Crippen LogP contribution in [-0.4, -0.2) is 98.1 Å². The van der Waals surface area contributed by atoms with Gasteiger partial charge < -0.3 is 39.9 Å². The fourth-order valence-corrected chi connectivity index (χ4v) is 7.77. The average Bonchev–Trinajstić information content (AvgIpc) is 3.99. The molecule has 4 N–H and O–H groups in total. The highest BCUT2D eigenvalue weighted by atomic mass is 16.5. The molecule has 15 nitrogen and oxygen atoms in total. The Bertz CT molecular complexity index is 2230. The van der Waals surface area contributed by atoms with Crippen molar-refractivity contribution in [3.63, 3.8) is 0 Å². The number of benzene rings is 2. The maximum absolute atomic E-state index is 13.7. The number of nitrogens with one attached hydrogen (secondary N) is 4. The van der Waals surface area contributed by atoms with Crippen LogP contribution in [0.25, 0.3) is 44.1 Å². The lowest BCUT2D eigenvalue weighted by Crippen LogP contribution is -2.51. The highest BCUT2D eigenvalue weighted by molar-refractivity contribution is 6.04. The molecule has 54 heavy (non-hydrogen) atoms. The average molecular weight is 738 g/mol. The predicted molar refractivity (Wildman–Crippen MR) is 202 cm³/mol. The number of carbonyl (C=O) groups excluding carboxylic acids is 4. The van der Waals surface area contributed by atoms with E-state index in [2.05, 4.69) is 20.6 Å². The number of amides is 4. The van der Waals surface area contributed by atoms with Crippen LogP contribution in [-0.2, 0) is 19.1 Å². The molecule has 2 aliphatic rings. The molecule has 0 aliphatic carbocycles. The van der Waals surface area contributed by atoms with Gasteiger partial charge in [-0.1, -0.05) is 39.8 Å². The van der Waals surface area contributed by atoms with Gasteiger partial charge in [-0.25, -0.2) is 19.6 Å². The van der Waals surface area contributed by atoms with Crippen LogP contribution < -0.4 is 10.6 Å². The van der Waals surface area contributed by atoms with Gasteiger partial charge in [-0.05, 0) is 67.2 Å². The Kier molecular flexibility index (Phi) is 10.1. The monoisotopic (exact) mass is 737 g/mol. The fourth-order valence-electron chi connectivity index (χ4n) is 7.77. The summed E-state index contributed by atoms with van der Waals surface area (Å²) in [6.45, 7) is 8.74. The van der Waals surface area contributed by atoms with Crippen molar-refractivity contribution in [2.75, 3.05) is 27.3 Å². The molecular formula is C39H47N9O6. The number of ether oxygens (including phenoxy) is 2. The van der Waals surface area contributed by atoms with E-state index in [-0.39, 0.29) is 35.7 Å². The van der Waals surface area contributed by atoms with Gasteiger partial charge in [-0.3, -0.25) is 14.6 Å². The number of H-pyrrole nitrogens is 2. The lowest BCUT2D eigenvalue weighted by atomic mass is 10.0. The number of fused-ring (bicyclic) bond motifs is 4. The summed E-state index contributed by atoms with van der Waals surface area (Å²) in [6.07, 6.45) is 3.76. The Hall–Kier alpha value is -5.73. The number of imidazole rings is 2. The van der Waals surface area contributed by atoms with E-state index in [1.165, 1.54) is 14.2 Å². The number of hydrogen-bond acceptors (Lipinski definition) is 9. The zero-order valence-electron chi connectivity index (χ0n) is 31.4. The number of pyridine rings is 1. The topological polar surface area (TPSA) is 188 Å². The lowest BCUT2D eigenvalue weighted by molar-refractivity contribution is -0.136. The zero-order valence-corrected chi connectivity index (χ0v) is 31.4. The normalized spacial score (nSPS) is 18.5. The van der Waals surface area contributed by atoms with Gasteiger partial charge >= 0.3 is 12.2 Å². The smallest absolute Gasteiger partial charge is 0.407 e. The van der Waals surface area contributed by atoms with Crippen LogP contribution in [0.1, 0.15) is 77.1 Å². The summed E-state index contributed by atoms with van der Waals surface area (Å²) in [5.74, 6) is 0.862. The fraction of sp³-hybridized carbons (Fsp3) is 0.462. The van der Waals surface area contributed by atoms with Gasteiger partial charge in [0.05, 0.1) is 54.1 Å². The van der Waals surface area contributed by atoms with Crippen LogP contribution in [0, 0.1) is 11.8 Å². The summed E-state index contributed by atoms with van der Waals surface area (Å²) in [7, 11) is 2.57. The number of aromatic amines is 2. The van der Waals surface area contributed by atoms with Crippen LogP contribution in [0.4, 0.5) is 9.59 Å². The standard InChI is InChI=1S/C39H47N9O6/c1-20(2)31(45-38(51)53-5)36(49)47-15-7-9-29(47)34-41-25-13-12-23(18-28(25)43-34)27-17-22-11-14-26-33(24(22)19-40-27)44-35(42-26)30-10-8-16-48(30)37(50)32(21(3)4)46-39(52)54-6/h11-14,17-21,29-32H,7-10,15-16H2,1-6H3,(H,41,43)(H,42,44)(H,45,51)(H,46,52)/t29-,30-,31-,32-/m0/s1. The molecule has 15 heteroatoms. The molecule has 2 aliphatic heterocycles. The van der Waals surface area contributed by atoms with Crippen LogP contribution in [0.15, 0.2) is 42.6 Å². The van der Waals surface area contributed by atoms with Crippen LogP contribution in [0.3, 0.4) is 0 Å². The van der Waals surface area contributed by atoms with E-state index in [1.807, 2.05) is 70.3 Å². The summed E-state index contributed by atoms with van der Waals surface area (Å²) in [4.78, 5) is 76.5. The summed E-state index contributed by atoms with van der Waals surface area (Å²) in [5.41, 5.74) is 4.95. The molecular weight excluding hydrogens is 690 g/mol. The van der Waals surface area contributed by atoms with Crippen LogP contribution in [0.5, 0.6) is 0 Å². The Morgan fingerprint density at radius 1 is 0.759 bits per heavy atom. The molecule has 2 fully saturated rings. The SMILES string of the molecule is COC(=O)N[C@H](C(=O)N1CCC[C@H]1c1nc2ccc(-c3cc4ccc5nc([C@@H]6CCCN6C(=O)[C@@H](NC(=O)OC)C(C)C)[nH]c5c4cn3)cc2[nH]1)C(C)C. The number of hydrogen-bond donors (Lipinski definition) is 4. The molecule has 0 saturated carbocycles. The number of carbonyl (C=O) groups is 4. The Labute approximate surface area is 312 Å². The first-order valence-corrected chi connectivity index (χ1v) is 18.6. The van der Waals surface area contributed by atoms with Gasteiger partial charge in [0, 0.05) is 30.2 Å². The van der Waals surface area contributed by atoms with E-state index in [0.717, 1.165) is 69.8 Å². The van der Waals surface area contributed by atoms with Crippen molar-refractivity contribution in [3.8, 4) is 11.3 Å².